The largest absolute Gasteiger partial charge is 0.437 e. The van der Waals surface area contributed by atoms with Crippen LogP contribution in [0.25, 0.3) is 133 Å². The van der Waals surface area contributed by atoms with Crippen LogP contribution in [0.4, 0.5) is 0 Å². The number of pyridine rings is 8. The molecule has 12 aromatic heterocycles. The zero-order valence-electron chi connectivity index (χ0n) is 71.6. The molecule has 16 aromatic rings. The third kappa shape index (κ3) is 13.2. The zero-order chi connectivity index (χ0) is 80.6. The molecule has 0 atom stereocenters. The van der Waals surface area contributed by atoms with Crippen molar-refractivity contribution in [1.29, 1.82) is 0 Å². The van der Waals surface area contributed by atoms with Crippen LogP contribution in [0.15, 0.2) is 164 Å². The molecule has 558 valence electrons. The van der Waals surface area contributed by atoms with Crippen molar-refractivity contribution in [1.82, 2.24) is 19.9 Å². The van der Waals surface area contributed by atoms with E-state index in [1.165, 1.54) is 78.3 Å². The van der Waals surface area contributed by atoms with E-state index in [0.29, 0.717) is 47.4 Å². The molecule has 12 heteroatoms. The van der Waals surface area contributed by atoms with Crippen LogP contribution in [0.3, 0.4) is 0 Å². The Morgan fingerprint density at radius 1 is 0.373 bits per heavy atom. The lowest BCUT2D eigenvalue weighted by Crippen LogP contribution is -2.33. The summed E-state index contributed by atoms with van der Waals surface area (Å²) in [6.45, 7) is 38.8. The van der Waals surface area contributed by atoms with Crippen LogP contribution in [0.5, 0.6) is 0 Å². The summed E-state index contributed by atoms with van der Waals surface area (Å²) in [5, 5.41) is 8.73. The first-order valence-electron chi connectivity index (χ1n) is 41.8. The van der Waals surface area contributed by atoms with Gasteiger partial charge in [0.05, 0.1) is 22.3 Å². The van der Waals surface area contributed by atoms with Gasteiger partial charge in [-0.3, -0.25) is 0 Å². The number of hydrogen-bond acceptors (Lipinski definition) is 8. The molecule has 12 nitrogen and oxygen atoms in total. The number of aromatic nitrogens is 8. The second kappa shape index (κ2) is 28.9. The van der Waals surface area contributed by atoms with Gasteiger partial charge in [-0.1, -0.05) is 127 Å². The molecule has 19 rings (SSSR count). The lowest BCUT2D eigenvalue weighted by molar-refractivity contribution is -0.672. The van der Waals surface area contributed by atoms with Gasteiger partial charge >= 0.3 is 0 Å². The van der Waals surface area contributed by atoms with Crippen molar-refractivity contribution in [3.05, 3.63) is 236 Å². The first-order valence-corrected chi connectivity index (χ1v) is 39.8. The number of nitrogens with zero attached hydrogens (tertiary/aromatic N) is 8. The minimum Gasteiger partial charge on any atom is -0.437 e. The summed E-state index contributed by atoms with van der Waals surface area (Å²) in [6, 6.07) is 43.1. The predicted octanol–water partition coefficient (Wildman–Crippen LogP) is 23.0. The molecular formula is C98H106N8O4+4. The highest BCUT2D eigenvalue weighted by Gasteiger charge is 2.36. The van der Waals surface area contributed by atoms with Crippen LogP contribution in [0.2, 0.25) is 0 Å². The van der Waals surface area contributed by atoms with Gasteiger partial charge in [0.15, 0.2) is 66.8 Å². The number of benzene rings is 4. The minimum absolute atomic E-state index is 0.230. The lowest BCUT2D eigenvalue weighted by atomic mass is 9.96. The average Bonchev–Trinajstić information content (AvgIpc) is 1.56. The second-order valence-electron chi connectivity index (χ2n) is 33.4. The molecule has 3 aliphatic heterocycles. The van der Waals surface area contributed by atoms with Crippen molar-refractivity contribution in [2.24, 2.45) is 24.8 Å². The van der Waals surface area contributed by atoms with E-state index in [0.717, 1.165) is 173 Å². The van der Waals surface area contributed by atoms with Crippen molar-refractivity contribution in [2.45, 2.75) is 201 Å². The van der Waals surface area contributed by atoms with E-state index < -0.39 is 12.7 Å². The Morgan fingerprint density at radius 2 is 0.718 bits per heavy atom. The van der Waals surface area contributed by atoms with Gasteiger partial charge in [0.2, 0.25) is 45.6 Å². The number of furan rings is 4. The van der Waals surface area contributed by atoms with Crippen LogP contribution in [0.1, 0.15) is 210 Å². The van der Waals surface area contributed by atoms with E-state index in [9.17, 15) is 0 Å². The molecule has 0 saturated heterocycles. The first-order chi connectivity index (χ1) is 54.3. The number of fused-ring (bicyclic) bond motifs is 24. The molecule has 0 spiro atoms. The van der Waals surface area contributed by atoms with Gasteiger partial charge in [-0.15, -0.1) is 0 Å². The van der Waals surface area contributed by atoms with E-state index in [1.807, 2.05) is 16.7 Å². The van der Waals surface area contributed by atoms with E-state index in [-0.39, 0.29) is 5.56 Å². The van der Waals surface area contributed by atoms with Gasteiger partial charge in [-0.25, -0.2) is 24.5 Å². The quantitative estimate of drug-likeness (QED) is 0.111. The fourth-order valence-electron chi connectivity index (χ4n) is 16.9. The summed E-state index contributed by atoms with van der Waals surface area (Å²) < 4.78 is 66.8. The van der Waals surface area contributed by atoms with E-state index in [4.69, 9.17) is 43.1 Å². The van der Waals surface area contributed by atoms with Crippen molar-refractivity contribution in [3.63, 3.8) is 0 Å². The highest BCUT2D eigenvalue weighted by molar-refractivity contribution is 6.12. The Labute approximate surface area is 652 Å². The Hall–Kier alpha value is -10.7. The summed E-state index contributed by atoms with van der Waals surface area (Å²) in [4.78, 5) is 18.9. The predicted molar refractivity (Wildman–Crippen MR) is 447 cm³/mol. The highest BCUT2D eigenvalue weighted by atomic mass is 16.4. The first kappa shape index (κ1) is 68.5. The molecule has 15 heterocycles. The van der Waals surface area contributed by atoms with E-state index >= 15 is 0 Å². The molecular weight excluding hydrogens is 1350 g/mol. The maximum Gasteiger partial charge on any atom is 0.227 e. The maximum atomic E-state index is 8.56. The minimum atomic E-state index is -2.28. The number of aryl methyl sites for hydroxylation is 8. The molecule has 0 amide bonds. The Morgan fingerprint density at radius 3 is 1.10 bits per heavy atom. The molecule has 0 unspecified atom stereocenters. The van der Waals surface area contributed by atoms with Crippen molar-refractivity contribution in [3.8, 4) is 45.0 Å². The summed E-state index contributed by atoms with van der Waals surface area (Å²) in [6.07, 6.45) is 13.8. The van der Waals surface area contributed by atoms with Gasteiger partial charge in [0.1, 0.15) is 7.05 Å². The van der Waals surface area contributed by atoms with Crippen LogP contribution in [0, 0.1) is 52.3 Å². The summed E-state index contributed by atoms with van der Waals surface area (Å²) in [7, 11) is 2.13. The summed E-state index contributed by atoms with van der Waals surface area (Å²) in [5.74, 6) is 1.61. The molecule has 0 radical (unpaired) electrons. The van der Waals surface area contributed by atoms with Crippen molar-refractivity contribution in [2.75, 3.05) is 0 Å². The Kier molecular flexibility index (Phi) is 18.0. The van der Waals surface area contributed by atoms with Crippen LogP contribution in [-0.4, -0.2) is 19.9 Å². The lowest BCUT2D eigenvalue weighted by Gasteiger charge is -2.11. The smallest absolute Gasteiger partial charge is 0.227 e. The number of rotatable bonds is 12. The summed E-state index contributed by atoms with van der Waals surface area (Å²) >= 11 is 0. The van der Waals surface area contributed by atoms with Gasteiger partial charge < -0.3 is 17.7 Å². The van der Waals surface area contributed by atoms with Crippen molar-refractivity contribution < 1.29 is 41.4 Å². The van der Waals surface area contributed by atoms with Crippen LogP contribution < -0.4 is 18.3 Å². The fraction of sp³-hybridized carbons (Fsp3) is 0.347. The fourth-order valence-corrected chi connectivity index (χ4v) is 16.9. The van der Waals surface area contributed by atoms with Crippen LogP contribution in [-0.2, 0) is 58.8 Å². The third-order valence-electron chi connectivity index (χ3n) is 22.7. The summed E-state index contributed by atoms with van der Waals surface area (Å²) in [5.41, 5.74) is 33.9. The third-order valence-corrected chi connectivity index (χ3v) is 22.7. The molecule has 0 bridgehead atoms. The monoisotopic (exact) mass is 1460 g/mol. The molecule has 4 aromatic carbocycles. The molecule has 0 fully saturated rings. The van der Waals surface area contributed by atoms with Gasteiger partial charge in [-0.2, -0.15) is 13.7 Å². The topological polar surface area (TPSA) is 120 Å². The molecule has 0 saturated carbocycles. The average molecular weight is 1460 g/mol. The van der Waals surface area contributed by atoms with E-state index in [2.05, 4.69) is 259 Å². The Bertz CT molecular complexity index is 6560. The molecule has 0 aliphatic carbocycles. The Balaban J connectivity index is 0.000000115. The highest BCUT2D eigenvalue weighted by Crippen LogP contribution is 2.45. The molecule has 0 N–H and O–H groups in total. The van der Waals surface area contributed by atoms with Gasteiger partial charge in [-0.05, 0) is 197 Å². The maximum absolute atomic E-state index is 8.56. The van der Waals surface area contributed by atoms with Gasteiger partial charge in [0.25, 0.3) is 0 Å². The second-order valence-corrected chi connectivity index (χ2v) is 33.4. The number of hydrogen-bond donors (Lipinski definition) is 0. The molecule has 110 heavy (non-hydrogen) atoms. The SMILES string of the molecule is CCc1ccc2c(n1)oc1c(-c3cc(C)c(CC(C)C)c[n+]3C)c(C)ccc12.CCc1ccc2c(n1)oc1c3c(ccc12)C[n+]1cc(CC(C)C)c(C)cc1-3.Cc1cc2[n+](cc1CC(C)C)Cc1ccc3c(oc4nc(C(C)C)ccc43)c1-2.[2H]C([2H])([2H])c1c[n+]2c(cc1C([2H])(C)C)-c1c(ccc3c1oc1nc(C(C)C)ccc13)C2. The molecule has 3 aliphatic rings. The normalized spacial score (nSPS) is 13.5. The van der Waals surface area contributed by atoms with E-state index in [1.54, 1.807) is 20.0 Å². The standard InChI is InChI=1S/C25H27N2O.C25H29N2O.2C24H25N2O/c1-14(2)10-18-13-27-12-17-6-7-19-20-8-9-21(15(3)4)26-25(20)28-24(19)23(17)22(27)11-16(18)5;1-7-19-9-11-21-20-10-8-16(4)23(24(20)28-25(21)26-19)22-13-17(5)18(12-15(2)3)14-27(22)6;1-13(2)19-10-21-22-16(12-26(21)11-15(19)5)6-7-17-18-8-9-20(14(3)4)25-24(18)27-23(17)22;1-5-18-7-9-20-19-8-6-16-12-26-13-17(10-14(2)3)15(4)11-21(26)22(16)23(19)27-24(20)25-18/h6-9,11,13-15H,10,12H2,1-5H3;8-11,13-15H,7,12H2,1-6H3;6-11,13-14H,12H2,1-5H3;6-9,11,13-14H,5,10,12H2,1-4H3/q4*+1/i;;5D3,13D;. The van der Waals surface area contributed by atoms with Crippen LogP contribution >= 0.6 is 0 Å². The van der Waals surface area contributed by atoms with Gasteiger partial charge in [0, 0.05) is 135 Å². The van der Waals surface area contributed by atoms with Crippen molar-refractivity contribution >= 4 is 88.3 Å². The zero-order valence-corrected chi connectivity index (χ0v) is 67.6.